The standard InChI is InChI=1S/C23H25N5O2/c1-16-4-3-5-17(2)21(16)27-22(29)20-14-25-15-26-23(20)30-19-8-6-18(7-9-19)28-12-10-24-11-13-28/h3-9,14-15,24H,10-13H2,1-2H3,(H,27,29). The third-order valence-corrected chi connectivity index (χ3v) is 5.17. The monoisotopic (exact) mass is 403 g/mol. The Bertz CT molecular complexity index is 1010. The summed E-state index contributed by atoms with van der Waals surface area (Å²) in [7, 11) is 0. The SMILES string of the molecule is Cc1cccc(C)c1NC(=O)c1cncnc1Oc1ccc(N2CCNCC2)cc1. The van der Waals surface area contributed by atoms with Crippen molar-refractivity contribution >= 4 is 17.3 Å². The summed E-state index contributed by atoms with van der Waals surface area (Å²) < 4.78 is 5.93. The zero-order valence-electron chi connectivity index (χ0n) is 17.2. The van der Waals surface area contributed by atoms with Crippen molar-refractivity contribution < 1.29 is 9.53 Å². The van der Waals surface area contributed by atoms with Gasteiger partial charge in [0.15, 0.2) is 0 Å². The Morgan fingerprint density at radius 1 is 1.07 bits per heavy atom. The maximum atomic E-state index is 12.9. The van der Waals surface area contributed by atoms with Crippen molar-refractivity contribution in [2.45, 2.75) is 13.8 Å². The number of aryl methyl sites for hydroxylation is 2. The van der Waals surface area contributed by atoms with Crippen molar-refractivity contribution in [2.24, 2.45) is 0 Å². The molecule has 1 aliphatic rings. The number of benzene rings is 2. The first-order valence-electron chi connectivity index (χ1n) is 10.0. The van der Waals surface area contributed by atoms with Crippen molar-refractivity contribution in [3.63, 3.8) is 0 Å². The van der Waals surface area contributed by atoms with Gasteiger partial charge in [0, 0.05) is 43.8 Å². The highest BCUT2D eigenvalue weighted by Gasteiger charge is 2.17. The van der Waals surface area contributed by atoms with E-state index in [2.05, 4.69) is 25.5 Å². The second-order valence-electron chi connectivity index (χ2n) is 7.30. The molecule has 1 aromatic heterocycles. The summed E-state index contributed by atoms with van der Waals surface area (Å²) in [5, 5.41) is 6.31. The van der Waals surface area contributed by atoms with Gasteiger partial charge in [0.25, 0.3) is 5.91 Å². The lowest BCUT2D eigenvalue weighted by molar-refractivity contribution is 0.102. The minimum atomic E-state index is -0.305. The Labute approximate surface area is 176 Å². The van der Waals surface area contributed by atoms with Crippen molar-refractivity contribution in [3.05, 3.63) is 71.7 Å². The number of anilines is 2. The van der Waals surface area contributed by atoms with Crippen LogP contribution >= 0.6 is 0 Å². The number of hydrogen-bond acceptors (Lipinski definition) is 6. The molecule has 2 aromatic carbocycles. The highest BCUT2D eigenvalue weighted by Crippen LogP contribution is 2.27. The average molecular weight is 403 g/mol. The highest BCUT2D eigenvalue weighted by atomic mass is 16.5. The second kappa shape index (κ2) is 8.92. The van der Waals surface area contributed by atoms with Gasteiger partial charge in [-0.25, -0.2) is 9.97 Å². The predicted octanol–water partition coefficient (Wildman–Crippen LogP) is 3.55. The molecule has 1 saturated heterocycles. The number of rotatable bonds is 5. The number of nitrogens with one attached hydrogen (secondary N) is 2. The summed E-state index contributed by atoms with van der Waals surface area (Å²) in [6.07, 6.45) is 2.85. The van der Waals surface area contributed by atoms with E-state index in [1.165, 1.54) is 12.5 Å². The molecule has 0 saturated carbocycles. The topological polar surface area (TPSA) is 79.4 Å². The quantitative estimate of drug-likeness (QED) is 0.678. The molecule has 1 amide bonds. The molecule has 3 aromatic rings. The molecule has 7 nitrogen and oxygen atoms in total. The Hall–Kier alpha value is -3.45. The molecule has 0 atom stereocenters. The summed E-state index contributed by atoms with van der Waals surface area (Å²) in [5.41, 5.74) is 4.21. The summed E-state index contributed by atoms with van der Waals surface area (Å²) in [6.45, 7) is 7.85. The van der Waals surface area contributed by atoms with Gasteiger partial charge >= 0.3 is 0 Å². The number of hydrogen-bond donors (Lipinski definition) is 2. The molecule has 7 heteroatoms. The van der Waals surface area contributed by atoms with Gasteiger partial charge < -0.3 is 20.3 Å². The number of nitrogens with zero attached hydrogens (tertiary/aromatic N) is 3. The third-order valence-electron chi connectivity index (χ3n) is 5.17. The lowest BCUT2D eigenvalue weighted by Gasteiger charge is -2.29. The molecule has 0 aliphatic carbocycles. The first-order valence-corrected chi connectivity index (χ1v) is 10.0. The van der Waals surface area contributed by atoms with E-state index in [4.69, 9.17) is 4.74 Å². The van der Waals surface area contributed by atoms with Crippen LogP contribution in [0.5, 0.6) is 11.6 Å². The van der Waals surface area contributed by atoms with Gasteiger partial charge in [0.2, 0.25) is 5.88 Å². The van der Waals surface area contributed by atoms with Crippen molar-refractivity contribution in [3.8, 4) is 11.6 Å². The summed E-state index contributed by atoms with van der Waals surface area (Å²) in [4.78, 5) is 23.4. The van der Waals surface area contributed by atoms with Gasteiger partial charge in [0.05, 0.1) is 0 Å². The molecule has 30 heavy (non-hydrogen) atoms. The number of amides is 1. The largest absolute Gasteiger partial charge is 0.438 e. The molecule has 2 N–H and O–H groups in total. The smallest absolute Gasteiger partial charge is 0.262 e. The summed E-state index contributed by atoms with van der Waals surface area (Å²) in [5.74, 6) is 0.540. The fraction of sp³-hybridized carbons (Fsp3) is 0.261. The lowest BCUT2D eigenvalue weighted by Crippen LogP contribution is -2.43. The van der Waals surface area contributed by atoms with Crippen LogP contribution in [0.15, 0.2) is 55.0 Å². The van der Waals surface area contributed by atoms with Gasteiger partial charge in [-0.05, 0) is 49.2 Å². The molecule has 0 spiro atoms. The number of piperazine rings is 1. The molecule has 154 valence electrons. The molecule has 1 aliphatic heterocycles. The Morgan fingerprint density at radius 3 is 2.47 bits per heavy atom. The number of carbonyl (C=O) groups excluding carboxylic acids is 1. The van der Waals surface area contributed by atoms with Gasteiger partial charge in [-0.15, -0.1) is 0 Å². The summed E-state index contributed by atoms with van der Waals surface area (Å²) in [6, 6.07) is 13.7. The maximum Gasteiger partial charge on any atom is 0.262 e. The van der Waals surface area contributed by atoms with E-state index >= 15 is 0 Å². The fourth-order valence-corrected chi connectivity index (χ4v) is 3.51. The first-order chi connectivity index (χ1) is 14.6. The van der Waals surface area contributed by atoms with Gasteiger partial charge in [-0.3, -0.25) is 4.79 Å². The summed E-state index contributed by atoms with van der Waals surface area (Å²) >= 11 is 0. The van der Waals surface area contributed by atoms with E-state index in [1.807, 2.05) is 56.3 Å². The number of aromatic nitrogens is 2. The van der Waals surface area contributed by atoms with Crippen LogP contribution in [-0.2, 0) is 0 Å². The van der Waals surface area contributed by atoms with Crippen LogP contribution in [0.4, 0.5) is 11.4 Å². The second-order valence-corrected chi connectivity index (χ2v) is 7.30. The lowest BCUT2D eigenvalue weighted by atomic mass is 10.1. The molecule has 1 fully saturated rings. The van der Waals surface area contributed by atoms with E-state index in [9.17, 15) is 4.79 Å². The predicted molar refractivity (Wildman–Crippen MR) is 117 cm³/mol. The molecular formula is C23H25N5O2. The normalized spacial score (nSPS) is 13.7. The number of ether oxygens (including phenoxy) is 1. The van der Waals surface area contributed by atoms with E-state index in [-0.39, 0.29) is 17.4 Å². The number of para-hydroxylation sites is 1. The molecule has 2 heterocycles. The van der Waals surface area contributed by atoms with Crippen LogP contribution < -0.4 is 20.3 Å². The average Bonchev–Trinajstić information content (AvgIpc) is 2.78. The zero-order valence-corrected chi connectivity index (χ0v) is 17.2. The fourth-order valence-electron chi connectivity index (χ4n) is 3.51. The van der Waals surface area contributed by atoms with Crippen molar-refractivity contribution in [1.29, 1.82) is 0 Å². The van der Waals surface area contributed by atoms with E-state index < -0.39 is 0 Å². The Balaban J connectivity index is 1.51. The maximum absolute atomic E-state index is 12.9. The molecule has 0 unspecified atom stereocenters. The highest BCUT2D eigenvalue weighted by molar-refractivity contribution is 6.06. The van der Waals surface area contributed by atoms with Crippen LogP contribution in [0.25, 0.3) is 0 Å². The molecule has 0 bridgehead atoms. The minimum absolute atomic E-state index is 0.226. The Morgan fingerprint density at radius 2 is 1.77 bits per heavy atom. The third kappa shape index (κ3) is 4.41. The molecular weight excluding hydrogens is 378 g/mol. The van der Waals surface area contributed by atoms with Crippen LogP contribution in [-0.4, -0.2) is 42.1 Å². The van der Waals surface area contributed by atoms with Gasteiger partial charge in [0.1, 0.15) is 17.6 Å². The van der Waals surface area contributed by atoms with Crippen molar-refractivity contribution in [1.82, 2.24) is 15.3 Å². The van der Waals surface area contributed by atoms with Gasteiger partial charge in [-0.1, -0.05) is 18.2 Å². The number of carbonyl (C=O) groups is 1. The van der Waals surface area contributed by atoms with Gasteiger partial charge in [-0.2, -0.15) is 0 Å². The van der Waals surface area contributed by atoms with E-state index in [0.29, 0.717) is 5.75 Å². The molecule has 4 rings (SSSR count). The van der Waals surface area contributed by atoms with Crippen LogP contribution in [0.3, 0.4) is 0 Å². The van der Waals surface area contributed by atoms with Crippen LogP contribution in [0.1, 0.15) is 21.5 Å². The van der Waals surface area contributed by atoms with E-state index in [1.54, 1.807) is 0 Å². The molecule has 0 radical (unpaired) electrons. The van der Waals surface area contributed by atoms with Crippen LogP contribution in [0.2, 0.25) is 0 Å². The zero-order chi connectivity index (χ0) is 20.9. The van der Waals surface area contributed by atoms with Crippen LogP contribution in [0, 0.1) is 13.8 Å². The van der Waals surface area contributed by atoms with E-state index in [0.717, 1.165) is 48.7 Å². The first kappa shape index (κ1) is 19.8. The van der Waals surface area contributed by atoms with Crippen molar-refractivity contribution in [2.75, 3.05) is 36.4 Å². The minimum Gasteiger partial charge on any atom is -0.438 e. The Kier molecular flexibility index (Phi) is 5.90.